The van der Waals surface area contributed by atoms with Crippen molar-refractivity contribution in [1.29, 1.82) is 0 Å². The molecule has 0 heterocycles. The highest BCUT2D eigenvalue weighted by Gasteiger charge is 2.26. The van der Waals surface area contributed by atoms with Gasteiger partial charge in [0.1, 0.15) is 12.2 Å². The van der Waals surface area contributed by atoms with Gasteiger partial charge < -0.3 is 24.6 Å². The molecule has 10 heteroatoms. The molecule has 0 aromatic carbocycles. The number of esters is 1. The van der Waals surface area contributed by atoms with Crippen LogP contribution in [0.5, 0.6) is 0 Å². The van der Waals surface area contributed by atoms with E-state index in [-0.39, 0.29) is 25.6 Å². The van der Waals surface area contributed by atoms with Crippen molar-refractivity contribution >= 4 is 13.8 Å². The maximum Gasteiger partial charge on any atom is 0.472 e. The van der Waals surface area contributed by atoms with E-state index in [0.717, 1.165) is 44.9 Å². The summed E-state index contributed by atoms with van der Waals surface area (Å²) < 4.78 is 33.3. The first-order valence-corrected chi connectivity index (χ1v) is 21.7. The number of carbonyl (C=O) groups excluding carboxylic acids is 1. The van der Waals surface area contributed by atoms with Crippen molar-refractivity contribution in [3.05, 3.63) is 12.2 Å². The van der Waals surface area contributed by atoms with Crippen molar-refractivity contribution in [2.75, 3.05) is 33.0 Å². The SMILES string of the molecule is CCCC/C=C\CCCCCCCCOCC(COP(=O)(O)OCC(O)CO)OC(=O)CCCCCCCCCCCCCCCCCC. The van der Waals surface area contributed by atoms with E-state index in [1.165, 1.54) is 122 Å². The number of aliphatic hydroxyl groups is 2. The standard InChI is InChI=1S/C39H77O9P/c1-3-5-7-9-11-13-15-17-18-19-20-21-23-25-27-29-31-39(42)48-38(36-47-49(43,44)46-34-37(41)33-40)35-45-32-30-28-26-24-22-16-14-12-10-8-6-4-2/h10,12,37-38,40-41H,3-9,11,13-36H2,1-2H3,(H,43,44)/b12-10-. The lowest BCUT2D eigenvalue weighted by Crippen LogP contribution is -2.29. The lowest BCUT2D eigenvalue weighted by Gasteiger charge is -2.20. The topological polar surface area (TPSA) is 132 Å². The molecule has 0 aromatic heterocycles. The Kier molecular flexibility index (Phi) is 36.4. The van der Waals surface area contributed by atoms with E-state index in [2.05, 4.69) is 26.0 Å². The molecule has 0 aromatic rings. The molecule has 0 rings (SSSR count). The fourth-order valence-corrected chi connectivity index (χ4v) is 6.36. The summed E-state index contributed by atoms with van der Waals surface area (Å²) in [6.45, 7) is 3.49. The third-order valence-corrected chi connectivity index (χ3v) is 9.65. The van der Waals surface area contributed by atoms with Crippen LogP contribution in [0.25, 0.3) is 0 Å². The zero-order chi connectivity index (χ0) is 36.1. The van der Waals surface area contributed by atoms with Crippen molar-refractivity contribution in [2.24, 2.45) is 0 Å². The molecule has 3 N–H and O–H groups in total. The Hall–Kier alpha value is -0.800. The molecule has 0 amide bonds. The van der Waals surface area contributed by atoms with Gasteiger partial charge in [-0.1, -0.05) is 161 Å². The largest absolute Gasteiger partial charge is 0.472 e. The molecule has 0 saturated heterocycles. The van der Waals surface area contributed by atoms with Crippen molar-refractivity contribution in [2.45, 2.75) is 199 Å². The van der Waals surface area contributed by atoms with Gasteiger partial charge in [-0.3, -0.25) is 13.8 Å². The van der Waals surface area contributed by atoms with Gasteiger partial charge in [0.05, 0.1) is 26.4 Å². The second-order valence-electron chi connectivity index (χ2n) is 13.7. The molecule has 0 aliphatic rings. The summed E-state index contributed by atoms with van der Waals surface area (Å²) in [5.41, 5.74) is 0. The van der Waals surface area contributed by atoms with Crippen LogP contribution in [0.1, 0.15) is 187 Å². The second-order valence-corrected chi connectivity index (χ2v) is 15.1. The highest BCUT2D eigenvalue weighted by molar-refractivity contribution is 7.47. The van der Waals surface area contributed by atoms with Gasteiger partial charge in [-0.2, -0.15) is 0 Å². The van der Waals surface area contributed by atoms with Gasteiger partial charge >= 0.3 is 13.8 Å². The molecule has 3 unspecified atom stereocenters. The normalized spacial score (nSPS) is 14.3. The molecule has 0 spiro atoms. The summed E-state index contributed by atoms with van der Waals surface area (Å²) in [5, 5.41) is 18.3. The minimum atomic E-state index is -4.51. The van der Waals surface area contributed by atoms with E-state index < -0.39 is 33.2 Å². The molecule has 9 nitrogen and oxygen atoms in total. The van der Waals surface area contributed by atoms with Crippen LogP contribution in [0.2, 0.25) is 0 Å². The molecule has 3 atom stereocenters. The molecule has 0 fully saturated rings. The summed E-state index contributed by atoms with van der Waals surface area (Å²) in [7, 11) is -4.51. The van der Waals surface area contributed by atoms with E-state index in [1.54, 1.807) is 0 Å². The van der Waals surface area contributed by atoms with Crippen molar-refractivity contribution in [1.82, 2.24) is 0 Å². The molecule has 49 heavy (non-hydrogen) atoms. The van der Waals surface area contributed by atoms with E-state index >= 15 is 0 Å². The summed E-state index contributed by atoms with van der Waals surface area (Å²) in [6, 6.07) is 0. The van der Waals surface area contributed by atoms with E-state index in [4.69, 9.17) is 23.6 Å². The zero-order valence-corrected chi connectivity index (χ0v) is 32.6. The van der Waals surface area contributed by atoms with Crippen LogP contribution in [-0.2, 0) is 27.9 Å². The van der Waals surface area contributed by atoms with Gasteiger partial charge in [-0.15, -0.1) is 0 Å². The summed E-state index contributed by atoms with van der Waals surface area (Å²) in [5.74, 6) is -0.382. The Morgan fingerprint density at radius 3 is 1.59 bits per heavy atom. The molecular formula is C39H77O9P. The van der Waals surface area contributed by atoms with E-state index in [9.17, 15) is 19.4 Å². The number of rotatable bonds is 39. The van der Waals surface area contributed by atoms with Crippen LogP contribution in [0.15, 0.2) is 12.2 Å². The molecular weight excluding hydrogens is 643 g/mol. The minimum Gasteiger partial charge on any atom is -0.457 e. The zero-order valence-electron chi connectivity index (χ0n) is 31.7. The van der Waals surface area contributed by atoms with Crippen molar-refractivity contribution in [3.63, 3.8) is 0 Å². The third kappa shape index (κ3) is 36.8. The molecule has 0 bridgehead atoms. The number of hydrogen-bond donors (Lipinski definition) is 3. The molecule has 0 saturated carbocycles. The van der Waals surface area contributed by atoms with Crippen LogP contribution >= 0.6 is 7.82 Å². The smallest absolute Gasteiger partial charge is 0.457 e. The fourth-order valence-electron chi connectivity index (χ4n) is 5.57. The first-order chi connectivity index (χ1) is 23.8. The van der Waals surface area contributed by atoms with Gasteiger partial charge in [0.15, 0.2) is 0 Å². The summed E-state index contributed by atoms with van der Waals surface area (Å²) in [4.78, 5) is 22.5. The average Bonchev–Trinajstić information content (AvgIpc) is 3.09. The molecule has 0 aliphatic heterocycles. The van der Waals surface area contributed by atoms with E-state index in [0.29, 0.717) is 6.61 Å². The Bertz CT molecular complexity index is 780. The second kappa shape index (κ2) is 37.0. The summed E-state index contributed by atoms with van der Waals surface area (Å²) >= 11 is 0. The van der Waals surface area contributed by atoms with Crippen LogP contribution in [0, 0.1) is 0 Å². The Labute approximate surface area is 300 Å². The van der Waals surface area contributed by atoms with Gasteiger partial charge in [0.2, 0.25) is 0 Å². The predicted octanol–water partition coefficient (Wildman–Crippen LogP) is 10.5. The Balaban J connectivity index is 4.17. The number of ether oxygens (including phenoxy) is 2. The maximum absolute atomic E-state index is 12.6. The van der Waals surface area contributed by atoms with Crippen molar-refractivity contribution in [3.8, 4) is 0 Å². The predicted molar refractivity (Wildman–Crippen MR) is 201 cm³/mol. The van der Waals surface area contributed by atoms with Gasteiger partial charge in [0.25, 0.3) is 0 Å². The Morgan fingerprint density at radius 1 is 0.612 bits per heavy atom. The number of allylic oxidation sites excluding steroid dienone is 2. The molecule has 292 valence electrons. The monoisotopic (exact) mass is 721 g/mol. The van der Waals surface area contributed by atoms with Crippen LogP contribution in [0.3, 0.4) is 0 Å². The first kappa shape index (κ1) is 48.2. The highest BCUT2D eigenvalue weighted by atomic mass is 31.2. The van der Waals surface area contributed by atoms with Crippen molar-refractivity contribution < 1.29 is 43.0 Å². The first-order valence-electron chi connectivity index (χ1n) is 20.2. The third-order valence-electron chi connectivity index (χ3n) is 8.70. The Morgan fingerprint density at radius 2 is 1.06 bits per heavy atom. The minimum absolute atomic E-state index is 0.0499. The quantitative estimate of drug-likeness (QED) is 0.0246. The van der Waals surface area contributed by atoms with Crippen LogP contribution in [0.4, 0.5) is 0 Å². The molecule has 0 radical (unpaired) electrons. The van der Waals surface area contributed by atoms with Crippen LogP contribution in [-0.4, -0.2) is 66.3 Å². The van der Waals surface area contributed by atoms with Crippen LogP contribution < -0.4 is 0 Å². The number of phosphoric acid groups is 1. The van der Waals surface area contributed by atoms with Gasteiger partial charge in [0, 0.05) is 13.0 Å². The van der Waals surface area contributed by atoms with Gasteiger partial charge in [-0.25, -0.2) is 4.57 Å². The lowest BCUT2D eigenvalue weighted by molar-refractivity contribution is -0.154. The average molecular weight is 721 g/mol. The highest BCUT2D eigenvalue weighted by Crippen LogP contribution is 2.43. The fraction of sp³-hybridized carbons (Fsp3) is 0.923. The van der Waals surface area contributed by atoms with Gasteiger partial charge in [-0.05, 0) is 32.1 Å². The number of carbonyl (C=O) groups is 1. The number of phosphoric ester groups is 1. The number of aliphatic hydroxyl groups excluding tert-OH is 2. The number of unbranched alkanes of at least 4 members (excludes halogenated alkanes) is 23. The maximum atomic E-state index is 12.6. The lowest BCUT2D eigenvalue weighted by atomic mass is 10.0. The summed E-state index contributed by atoms with van der Waals surface area (Å²) in [6.07, 6.45) is 34.5. The molecule has 0 aliphatic carbocycles. The number of hydrogen-bond acceptors (Lipinski definition) is 8. The van der Waals surface area contributed by atoms with E-state index in [1.807, 2.05) is 0 Å².